The summed E-state index contributed by atoms with van der Waals surface area (Å²) in [7, 11) is 0. The minimum absolute atomic E-state index is 0.229. The first-order chi connectivity index (χ1) is 11.1. The molecule has 0 bridgehead atoms. The minimum atomic E-state index is 0.229. The lowest BCUT2D eigenvalue weighted by molar-refractivity contribution is 1.13. The van der Waals surface area contributed by atoms with Crippen LogP contribution in [0.1, 0.15) is 11.1 Å². The molecule has 4 nitrogen and oxygen atoms in total. The van der Waals surface area contributed by atoms with Gasteiger partial charge in [0.25, 0.3) is 0 Å². The number of nitrogens with zero attached hydrogens (tertiary/aromatic N) is 2. The maximum atomic E-state index is 5.86. The van der Waals surface area contributed by atoms with Gasteiger partial charge in [0, 0.05) is 28.8 Å². The van der Waals surface area contributed by atoms with Gasteiger partial charge in [-0.2, -0.15) is 0 Å². The van der Waals surface area contributed by atoms with Crippen LogP contribution < -0.4 is 10.6 Å². The lowest BCUT2D eigenvalue weighted by Gasteiger charge is -2.11. The van der Waals surface area contributed by atoms with Gasteiger partial charge in [0.1, 0.15) is 5.82 Å². The number of hydrogen-bond donors (Lipinski definition) is 2. The first-order valence-electron chi connectivity index (χ1n) is 7.30. The van der Waals surface area contributed by atoms with Gasteiger partial charge in [0.05, 0.1) is 0 Å². The third-order valence-corrected chi connectivity index (χ3v) is 3.56. The summed E-state index contributed by atoms with van der Waals surface area (Å²) in [4.78, 5) is 8.18. The largest absolute Gasteiger partial charge is 0.355 e. The molecule has 0 aliphatic rings. The van der Waals surface area contributed by atoms with Crippen LogP contribution in [0.2, 0.25) is 5.28 Å². The average molecular weight is 325 g/mol. The van der Waals surface area contributed by atoms with E-state index in [9.17, 15) is 0 Å². The smallest absolute Gasteiger partial charge is 0.224 e. The van der Waals surface area contributed by atoms with Gasteiger partial charge < -0.3 is 10.6 Å². The van der Waals surface area contributed by atoms with E-state index in [0.29, 0.717) is 5.82 Å². The molecule has 2 N–H and O–H groups in total. The molecule has 1 aromatic heterocycles. The number of benzene rings is 2. The van der Waals surface area contributed by atoms with Gasteiger partial charge in [0.2, 0.25) is 5.28 Å². The second-order valence-electron chi connectivity index (χ2n) is 5.37. The van der Waals surface area contributed by atoms with E-state index in [0.717, 1.165) is 22.6 Å². The molecular formula is C18H17ClN4. The summed E-state index contributed by atoms with van der Waals surface area (Å²) < 4.78 is 0. The fraction of sp³-hybridized carbons (Fsp3) is 0.111. The summed E-state index contributed by atoms with van der Waals surface area (Å²) in [5.41, 5.74) is 5.14. The van der Waals surface area contributed by atoms with Crippen molar-refractivity contribution in [2.24, 2.45) is 0 Å². The zero-order chi connectivity index (χ0) is 16.2. The average Bonchev–Trinajstić information content (AvgIpc) is 2.51. The van der Waals surface area contributed by atoms with Crippen molar-refractivity contribution in [3.8, 4) is 0 Å². The molecule has 1 heterocycles. The van der Waals surface area contributed by atoms with Crippen LogP contribution in [0.5, 0.6) is 0 Å². The van der Waals surface area contributed by atoms with Gasteiger partial charge in [-0.05, 0) is 61.3 Å². The molecule has 3 aromatic rings. The Morgan fingerprint density at radius 2 is 1.52 bits per heavy atom. The van der Waals surface area contributed by atoms with Crippen molar-refractivity contribution in [3.63, 3.8) is 0 Å². The Kier molecular flexibility index (Phi) is 4.44. The Hall–Kier alpha value is -2.59. The van der Waals surface area contributed by atoms with Crippen molar-refractivity contribution >= 4 is 34.5 Å². The molecule has 0 aliphatic carbocycles. The highest BCUT2D eigenvalue weighted by Crippen LogP contribution is 2.24. The number of hydrogen-bond acceptors (Lipinski definition) is 4. The second kappa shape index (κ2) is 6.67. The molecule has 0 amide bonds. The Labute approximate surface area is 140 Å². The molecule has 0 saturated carbocycles. The molecule has 23 heavy (non-hydrogen) atoms. The molecule has 5 heteroatoms. The Balaban J connectivity index is 1.81. The van der Waals surface area contributed by atoms with Crippen LogP contribution in [0.3, 0.4) is 0 Å². The van der Waals surface area contributed by atoms with E-state index < -0.39 is 0 Å². The lowest BCUT2D eigenvalue weighted by Crippen LogP contribution is -1.99. The van der Waals surface area contributed by atoms with E-state index in [1.807, 2.05) is 43.3 Å². The van der Waals surface area contributed by atoms with Crippen LogP contribution >= 0.6 is 11.6 Å². The Morgan fingerprint density at radius 3 is 2.26 bits per heavy atom. The van der Waals surface area contributed by atoms with Crippen molar-refractivity contribution in [2.75, 3.05) is 10.6 Å². The van der Waals surface area contributed by atoms with Crippen LogP contribution in [0.4, 0.5) is 22.9 Å². The van der Waals surface area contributed by atoms with Gasteiger partial charge in [-0.25, -0.2) is 9.97 Å². The molecular weight excluding hydrogens is 308 g/mol. The first-order valence-corrected chi connectivity index (χ1v) is 7.68. The number of rotatable bonds is 4. The summed E-state index contributed by atoms with van der Waals surface area (Å²) in [5, 5.41) is 6.90. The number of anilines is 4. The second-order valence-corrected chi connectivity index (χ2v) is 5.71. The van der Waals surface area contributed by atoms with Crippen molar-refractivity contribution in [2.45, 2.75) is 13.8 Å². The molecule has 0 spiro atoms. The molecule has 0 unspecified atom stereocenters. The van der Waals surface area contributed by atoms with Crippen molar-refractivity contribution < 1.29 is 0 Å². The molecule has 116 valence electrons. The minimum Gasteiger partial charge on any atom is -0.355 e. The number of aryl methyl sites for hydroxylation is 2. The van der Waals surface area contributed by atoms with E-state index in [-0.39, 0.29) is 5.28 Å². The van der Waals surface area contributed by atoms with E-state index >= 15 is 0 Å². The van der Waals surface area contributed by atoms with Crippen LogP contribution in [0.15, 0.2) is 54.7 Å². The van der Waals surface area contributed by atoms with Crippen LogP contribution in [0.25, 0.3) is 0 Å². The van der Waals surface area contributed by atoms with Crippen molar-refractivity contribution in [1.82, 2.24) is 9.97 Å². The monoisotopic (exact) mass is 324 g/mol. The summed E-state index contributed by atoms with van der Waals surface area (Å²) in [6.45, 7) is 4.01. The molecule has 0 radical (unpaired) electrons. The van der Waals surface area contributed by atoms with Gasteiger partial charge in [-0.15, -0.1) is 0 Å². The standard InChI is InChI=1S/C18H17ClN4/c1-12-5-3-6-14(9-12)21-15-7-4-8-16(10-15)22-17-13(2)11-20-18(19)23-17/h3-11,21H,1-2H3,(H,20,22,23). The normalized spacial score (nSPS) is 10.4. The SMILES string of the molecule is Cc1cccc(Nc2cccc(Nc3nc(Cl)ncc3C)c2)c1. The van der Waals surface area contributed by atoms with E-state index in [1.54, 1.807) is 6.20 Å². The van der Waals surface area contributed by atoms with Gasteiger partial charge in [-0.3, -0.25) is 0 Å². The van der Waals surface area contributed by atoms with Crippen LogP contribution in [-0.4, -0.2) is 9.97 Å². The zero-order valence-corrected chi connectivity index (χ0v) is 13.7. The van der Waals surface area contributed by atoms with Crippen LogP contribution in [-0.2, 0) is 0 Å². The topological polar surface area (TPSA) is 49.8 Å². The fourth-order valence-corrected chi connectivity index (χ4v) is 2.38. The van der Waals surface area contributed by atoms with Gasteiger partial charge >= 0.3 is 0 Å². The maximum Gasteiger partial charge on any atom is 0.224 e. The Bertz CT molecular complexity index is 833. The van der Waals surface area contributed by atoms with E-state index in [4.69, 9.17) is 11.6 Å². The number of nitrogens with one attached hydrogen (secondary N) is 2. The number of aromatic nitrogens is 2. The molecule has 3 rings (SSSR count). The summed E-state index contributed by atoms with van der Waals surface area (Å²) in [6.07, 6.45) is 1.70. The first kappa shape index (κ1) is 15.3. The van der Waals surface area contributed by atoms with Crippen LogP contribution in [0, 0.1) is 13.8 Å². The zero-order valence-electron chi connectivity index (χ0n) is 13.0. The fourth-order valence-electron chi connectivity index (χ4n) is 2.25. The predicted octanol–water partition coefficient (Wildman–Crippen LogP) is 5.23. The third-order valence-electron chi connectivity index (χ3n) is 3.37. The number of halogens is 1. The van der Waals surface area contributed by atoms with Crippen molar-refractivity contribution in [1.29, 1.82) is 0 Å². The highest BCUT2D eigenvalue weighted by atomic mass is 35.5. The highest BCUT2D eigenvalue weighted by Gasteiger charge is 2.04. The molecule has 0 saturated heterocycles. The molecule has 0 atom stereocenters. The van der Waals surface area contributed by atoms with Crippen molar-refractivity contribution in [3.05, 3.63) is 71.1 Å². The highest BCUT2D eigenvalue weighted by molar-refractivity contribution is 6.28. The lowest BCUT2D eigenvalue weighted by atomic mass is 10.2. The molecule has 0 fully saturated rings. The summed E-state index contributed by atoms with van der Waals surface area (Å²) in [5.74, 6) is 0.706. The van der Waals surface area contributed by atoms with E-state index in [1.165, 1.54) is 5.56 Å². The maximum absolute atomic E-state index is 5.86. The molecule has 0 aliphatic heterocycles. The summed E-state index contributed by atoms with van der Waals surface area (Å²) in [6, 6.07) is 16.3. The predicted molar refractivity (Wildman–Crippen MR) is 96.0 cm³/mol. The van der Waals surface area contributed by atoms with E-state index in [2.05, 4.69) is 39.7 Å². The summed E-state index contributed by atoms with van der Waals surface area (Å²) >= 11 is 5.86. The Morgan fingerprint density at radius 1 is 0.870 bits per heavy atom. The van der Waals surface area contributed by atoms with Gasteiger partial charge in [-0.1, -0.05) is 18.2 Å². The third kappa shape index (κ3) is 3.99. The quantitative estimate of drug-likeness (QED) is 0.645. The van der Waals surface area contributed by atoms with Gasteiger partial charge in [0.15, 0.2) is 0 Å². The molecule has 2 aromatic carbocycles.